The van der Waals surface area contributed by atoms with Crippen LogP contribution >= 0.6 is 0 Å². The Bertz CT molecular complexity index is 1010. The minimum atomic E-state index is -0.480. The van der Waals surface area contributed by atoms with E-state index in [1.54, 1.807) is 12.1 Å². The van der Waals surface area contributed by atoms with Crippen LogP contribution in [0.1, 0.15) is 24.5 Å². The fourth-order valence-electron chi connectivity index (χ4n) is 2.71. The van der Waals surface area contributed by atoms with E-state index in [1.807, 2.05) is 24.3 Å². The van der Waals surface area contributed by atoms with Crippen LogP contribution in [-0.4, -0.2) is 16.5 Å². The molecule has 0 amide bonds. The van der Waals surface area contributed by atoms with E-state index in [9.17, 15) is 15.4 Å². The van der Waals surface area contributed by atoms with Gasteiger partial charge in [-0.25, -0.2) is 4.98 Å². The summed E-state index contributed by atoms with van der Waals surface area (Å²) >= 11 is 0. The lowest BCUT2D eigenvalue weighted by Gasteiger charge is -2.09. The Morgan fingerprint density at radius 3 is 2.59 bits per heavy atom. The van der Waals surface area contributed by atoms with Gasteiger partial charge in [-0.3, -0.25) is 10.1 Å². The number of benzene rings is 2. The van der Waals surface area contributed by atoms with Crippen LogP contribution < -0.4 is 10.6 Å². The van der Waals surface area contributed by atoms with E-state index >= 15 is 0 Å². The van der Waals surface area contributed by atoms with E-state index < -0.39 is 4.92 Å². The molecule has 136 valence electrons. The van der Waals surface area contributed by atoms with E-state index in [0.29, 0.717) is 28.8 Å². The summed E-state index contributed by atoms with van der Waals surface area (Å²) in [6.07, 6.45) is 1.07. The minimum absolute atomic E-state index is 0.0571. The molecule has 3 aromatic rings. The summed E-state index contributed by atoms with van der Waals surface area (Å²) in [7, 11) is 0. The maximum atomic E-state index is 10.9. The summed E-state index contributed by atoms with van der Waals surface area (Å²) < 4.78 is 0. The third kappa shape index (κ3) is 4.30. The van der Waals surface area contributed by atoms with Crippen molar-refractivity contribution in [3.05, 3.63) is 69.8 Å². The van der Waals surface area contributed by atoms with E-state index in [2.05, 4.69) is 28.6 Å². The van der Waals surface area contributed by atoms with Gasteiger partial charge in [-0.15, -0.1) is 0 Å². The Labute approximate surface area is 156 Å². The van der Waals surface area contributed by atoms with Crippen LogP contribution in [0.15, 0.2) is 48.5 Å². The zero-order chi connectivity index (χ0) is 19.2. The average Bonchev–Trinajstić information content (AvgIpc) is 2.70. The smallest absolute Gasteiger partial charge is 0.270 e. The lowest BCUT2D eigenvalue weighted by molar-refractivity contribution is -0.384. The van der Waals surface area contributed by atoms with Crippen LogP contribution in [0.2, 0.25) is 0 Å². The number of non-ortho nitro benzene ring substituents is 1. The summed E-state index contributed by atoms with van der Waals surface area (Å²) in [5.41, 5.74) is 3.00. The van der Waals surface area contributed by atoms with Crippen LogP contribution in [0.25, 0.3) is 10.9 Å². The maximum absolute atomic E-state index is 10.9. The lowest BCUT2D eigenvalue weighted by Crippen LogP contribution is -2.03. The van der Waals surface area contributed by atoms with Crippen molar-refractivity contribution in [1.82, 2.24) is 4.98 Å². The summed E-state index contributed by atoms with van der Waals surface area (Å²) in [6.45, 7) is 3.62. The van der Waals surface area contributed by atoms with Crippen molar-refractivity contribution in [1.29, 1.82) is 5.26 Å². The minimum Gasteiger partial charge on any atom is -0.385 e. The highest BCUT2D eigenvalue weighted by Crippen LogP contribution is 2.25. The number of nitrogens with zero attached hydrogens (tertiary/aromatic N) is 3. The lowest BCUT2D eigenvalue weighted by atomic mass is 10.1. The van der Waals surface area contributed by atoms with Gasteiger partial charge in [-0.1, -0.05) is 19.1 Å². The summed E-state index contributed by atoms with van der Waals surface area (Å²) in [6, 6.07) is 16.2. The van der Waals surface area contributed by atoms with Gasteiger partial charge in [0.15, 0.2) is 0 Å². The molecule has 7 heteroatoms. The Balaban J connectivity index is 1.78. The molecule has 2 aromatic carbocycles. The summed E-state index contributed by atoms with van der Waals surface area (Å²) in [5.74, 6) is 0.557. The van der Waals surface area contributed by atoms with E-state index in [1.165, 1.54) is 12.1 Å². The van der Waals surface area contributed by atoms with Gasteiger partial charge in [-0.2, -0.15) is 5.26 Å². The fourth-order valence-corrected chi connectivity index (χ4v) is 2.71. The standard InChI is InChI=1S/C20H19N5O2/c1-2-9-22-16-5-3-14(4-6-16)13-23-20-10-15(12-21)18-11-17(25(26)27)7-8-19(18)24-20/h3-8,10-11,22H,2,9,13H2,1H3,(H,23,24). The van der Waals surface area contributed by atoms with Gasteiger partial charge in [0.25, 0.3) is 5.69 Å². The van der Waals surface area contributed by atoms with Gasteiger partial charge < -0.3 is 10.6 Å². The first-order valence-corrected chi connectivity index (χ1v) is 8.66. The highest BCUT2D eigenvalue weighted by molar-refractivity contribution is 5.88. The molecular weight excluding hydrogens is 342 g/mol. The molecular formula is C20H19N5O2. The molecule has 0 saturated heterocycles. The monoisotopic (exact) mass is 361 g/mol. The van der Waals surface area contributed by atoms with Gasteiger partial charge in [0.2, 0.25) is 0 Å². The topological polar surface area (TPSA) is 104 Å². The first-order valence-electron chi connectivity index (χ1n) is 8.66. The molecule has 0 aliphatic carbocycles. The summed E-state index contributed by atoms with van der Waals surface area (Å²) in [4.78, 5) is 14.9. The van der Waals surface area contributed by atoms with Gasteiger partial charge in [0.05, 0.1) is 22.1 Å². The molecule has 0 radical (unpaired) electrons. The van der Waals surface area contributed by atoms with Crippen LogP contribution in [0, 0.1) is 21.4 Å². The van der Waals surface area contributed by atoms with Gasteiger partial charge in [0, 0.05) is 36.3 Å². The SMILES string of the molecule is CCCNc1ccc(CNc2cc(C#N)c3cc([N+](=O)[O-])ccc3n2)cc1. The third-order valence-electron chi connectivity index (χ3n) is 4.13. The molecule has 0 fully saturated rings. The highest BCUT2D eigenvalue weighted by atomic mass is 16.6. The highest BCUT2D eigenvalue weighted by Gasteiger charge is 2.11. The van der Waals surface area contributed by atoms with E-state index in [0.717, 1.165) is 24.2 Å². The van der Waals surface area contributed by atoms with Crippen LogP contribution in [0.5, 0.6) is 0 Å². The predicted octanol–water partition coefficient (Wildman–Crippen LogP) is 4.45. The largest absolute Gasteiger partial charge is 0.385 e. The fraction of sp³-hybridized carbons (Fsp3) is 0.200. The average molecular weight is 361 g/mol. The first kappa shape index (κ1) is 18.1. The number of hydrogen-bond donors (Lipinski definition) is 2. The molecule has 1 heterocycles. The third-order valence-corrected chi connectivity index (χ3v) is 4.13. The molecule has 0 aliphatic heterocycles. The molecule has 7 nitrogen and oxygen atoms in total. The van der Waals surface area contributed by atoms with E-state index in [4.69, 9.17) is 0 Å². The number of nitrogens with one attached hydrogen (secondary N) is 2. The molecule has 0 atom stereocenters. The first-order chi connectivity index (χ1) is 13.1. The van der Waals surface area contributed by atoms with Crippen molar-refractivity contribution in [2.24, 2.45) is 0 Å². The number of pyridine rings is 1. The second-order valence-electron chi connectivity index (χ2n) is 6.10. The quantitative estimate of drug-likeness (QED) is 0.476. The second-order valence-corrected chi connectivity index (χ2v) is 6.10. The van der Waals surface area contributed by atoms with Crippen molar-refractivity contribution in [2.45, 2.75) is 19.9 Å². The molecule has 0 spiro atoms. The number of anilines is 2. The Kier molecular flexibility index (Phi) is 5.47. The van der Waals surface area contributed by atoms with Crippen LogP contribution in [0.4, 0.5) is 17.2 Å². The molecule has 27 heavy (non-hydrogen) atoms. The van der Waals surface area contributed by atoms with Crippen LogP contribution in [-0.2, 0) is 6.54 Å². The molecule has 1 aromatic heterocycles. The second kappa shape index (κ2) is 8.15. The number of hydrogen-bond acceptors (Lipinski definition) is 6. The van der Waals surface area contributed by atoms with Crippen molar-refractivity contribution < 1.29 is 4.92 Å². The van der Waals surface area contributed by atoms with E-state index in [-0.39, 0.29) is 5.69 Å². The summed E-state index contributed by atoms with van der Waals surface area (Å²) in [5, 5.41) is 27.3. The zero-order valence-electron chi connectivity index (χ0n) is 14.9. The van der Waals surface area contributed by atoms with Gasteiger partial charge in [0.1, 0.15) is 5.82 Å². The molecule has 2 N–H and O–H groups in total. The number of nitro benzene ring substituents is 1. The maximum Gasteiger partial charge on any atom is 0.270 e. The van der Waals surface area contributed by atoms with Crippen LogP contribution in [0.3, 0.4) is 0 Å². The van der Waals surface area contributed by atoms with Gasteiger partial charge >= 0.3 is 0 Å². The number of rotatable bonds is 7. The normalized spacial score (nSPS) is 10.4. The molecule has 0 saturated carbocycles. The predicted molar refractivity (Wildman–Crippen MR) is 106 cm³/mol. The molecule has 0 unspecified atom stereocenters. The molecule has 0 aliphatic rings. The van der Waals surface area contributed by atoms with Gasteiger partial charge in [-0.05, 0) is 36.2 Å². The van der Waals surface area contributed by atoms with Crippen molar-refractivity contribution >= 4 is 28.1 Å². The van der Waals surface area contributed by atoms with Crippen molar-refractivity contribution in [2.75, 3.05) is 17.2 Å². The number of nitriles is 1. The Morgan fingerprint density at radius 1 is 1.15 bits per heavy atom. The number of nitro groups is 1. The Morgan fingerprint density at radius 2 is 1.93 bits per heavy atom. The van der Waals surface area contributed by atoms with Crippen molar-refractivity contribution in [3.8, 4) is 6.07 Å². The molecule has 0 bridgehead atoms. The number of fused-ring (bicyclic) bond motifs is 1. The zero-order valence-corrected chi connectivity index (χ0v) is 14.9. The molecule has 3 rings (SSSR count). The Hall–Kier alpha value is -3.66. The van der Waals surface area contributed by atoms with Crippen molar-refractivity contribution in [3.63, 3.8) is 0 Å². The number of aromatic nitrogens is 1.